The molecule has 0 bridgehead atoms. The van der Waals surface area contributed by atoms with Gasteiger partial charge in [-0.2, -0.15) is 4.31 Å². The van der Waals surface area contributed by atoms with Crippen molar-refractivity contribution in [3.05, 3.63) is 28.8 Å². The molecule has 9 heteroatoms. The predicted octanol–water partition coefficient (Wildman–Crippen LogP) is 1.67. The van der Waals surface area contributed by atoms with E-state index in [1.807, 2.05) is 6.92 Å². The maximum atomic E-state index is 12.7. The summed E-state index contributed by atoms with van der Waals surface area (Å²) in [6.45, 7) is 2.94. The van der Waals surface area contributed by atoms with Crippen LogP contribution in [0.5, 0.6) is 0 Å². The zero-order chi connectivity index (χ0) is 17.9. The van der Waals surface area contributed by atoms with Gasteiger partial charge in [0.25, 0.3) is 0 Å². The van der Waals surface area contributed by atoms with Crippen LogP contribution in [-0.4, -0.2) is 60.8 Å². The van der Waals surface area contributed by atoms with Crippen molar-refractivity contribution < 1.29 is 23.1 Å². The second-order valence-corrected chi connectivity index (χ2v) is 7.83. The fraction of sp³-hybridized carbons (Fsp3) is 0.467. The number of hydrogen-bond donors (Lipinski definition) is 1. The molecular weight excluding hydrogens is 356 g/mol. The monoisotopic (exact) mass is 374 g/mol. The molecule has 0 aliphatic carbocycles. The summed E-state index contributed by atoms with van der Waals surface area (Å²) in [6.07, 6.45) is 1.20. The summed E-state index contributed by atoms with van der Waals surface area (Å²) >= 11 is 5.78. The van der Waals surface area contributed by atoms with Gasteiger partial charge in [0.05, 0.1) is 15.5 Å². The third-order valence-corrected chi connectivity index (χ3v) is 6.09. The van der Waals surface area contributed by atoms with Gasteiger partial charge in [0.15, 0.2) is 0 Å². The highest BCUT2D eigenvalue weighted by molar-refractivity contribution is 7.89. The highest BCUT2D eigenvalue weighted by Gasteiger charge is 2.30. The number of benzene rings is 1. The summed E-state index contributed by atoms with van der Waals surface area (Å²) in [5, 5.41) is 9.06. The number of hydrogen-bond acceptors (Lipinski definition) is 4. The van der Waals surface area contributed by atoms with E-state index in [9.17, 15) is 18.0 Å². The molecule has 24 heavy (non-hydrogen) atoms. The normalized spacial score (nSPS) is 16.2. The van der Waals surface area contributed by atoms with Crippen LogP contribution in [0.3, 0.4) is 0 Å². The van der Waals surface area contributed by atoms with E-state index in [2.05, 4.69) is 0 Å². The van der Waals surface area contributed by atoms with Crippen LogP contribution in [0, 0.1) is 0 Å². The van der Waals surface area contributed by atoms with Gasteiger partial charge in [0.1, 0.15) is 0 Å². The molecule has 0 saturated carbocycles. The van der Waals surface area contributed by atoms with Crippen LogP contribution in [0.1, 0.15) is 30.1 Å². The van der Waals surface area contributed by atoms with Gasteiger partial charge in [-0.3, -0.25) is 4.79 Å². The van der Waals surface area contributed by atoms with Crippen molar-refractivity contribution in [1.82, 2.24) is 9.21 Å². The molecule has 1 heterocycles. The Kier molecular flexibility index (Phi) is 5.84. The summed E-state index contributed by atoms with van der Waals surface area (Å²) < 4.78 is 26.6. The lowest BCUT2D eigenvalue weighted by Gasteiger charge is -2.34. The minimum Gasteiger partial charge on any atom is -0.478 e. The zero-order valence-corrected chi connectivity index (χ0v) is 14.8. The van der Waals surface area contributed by atoms with Crippen LogP contribution in [0.4, 0.5) is 0 Å². The Labute approximate surface area is 145 Å². The summed E-state index contributed by atoms with van der Waals surface area (Å²) in [7, 11) is -3.82. The molecule has 132 valence electrons. The standard InChI is InChI=1S/C15H19ClN2O5S/c1-2-3-14(19)17-6-8-18(9-7-17)24(22,23)11-4-5-13(16)12(10-11)15(20)21/h4-5,10H,2-3,6-9H2,1H3,(H,20,21). The molecule has 0 unspecified atom stereocenters. The summed E-state index contributed by atoms with van der Waals surface area (Å²) in [6, 6.07) is 3.62. The Morgan fingerprint density at radius 3 is 2.38 bits per heavy atom. The van der Waals surface area contributed by atoms with Crippen molar-refractivity contribution in [2.45, 2.75) is 24.7 Å². The largest absolute Gasteiger partial charge is 0.478 e. The first-order chi connectivity index (χ1) is 11.3. The van der Waals surface area contributed by atoms with Crippen molar-refractivity contribution in [2.24, 2.45) is 0 Å². The maximum absolute atomic E-state index is 12.7. The second-order valence-electron chi connectivity index (χ2n) is 5.48. The minimum absolute atomic E-state index is 0.0172. The number of piperazine rings is 1. The molecule has 1 saturated heterocycles. The van der Waals surface area contributed by atoms with E-state index in [1.54, 1.807) is 4.90 Å². The fourth-order valence-electron chi connectivity index (χ4n) is 2.53. The fourth-order valence-corrected chi connectivity index (χ4v) is 4.17. The average Bonchev–Trinajstić information content (AvgIpc) is 2.55. The van der Waals surface area contributed by atoms with E-state index in [1.165, 1.54) is 16.4 Å². The first-order valence-corrected chi connectivity index (χ1v) is 9.40. The number of halogens is 1. The average molecular weight is 375 g/mol. The van der Waals surface area contributed by atoms with Gasteiger partial charge in [-0.25, -0.2) is 13.2 Å². The Hall–Kier alpha value is -1.64. The third kappa shape index (κ3) is 3.88. The molecule has 1 aliphatic heterocycles. The lowest BCUT2D eigenvalue weighted by atomic mass is 10.2. The lowest BCUT2D eigenvalue weighted by molar-refractivity contribution is -0.132. The number of nitrogens with zero attached hydrogens (tertiary/aromatic N) is 2. The van der Waals surface area contributed by atoms with Gasteiger partial charge in [0, 0.05) is 32.6 Å². The summed E-state index contributed by atoms with van der Waals surface area (Å²) in [5.74, 6) is -1.26. The minimum atomic E-state index is -3.82. The number of carbonyl (C=O) groups excluding carboxylic acids is 1. The number of sulfonamides is 1. The van der Waals surface area contributed by atoms with E-state index in [-0.39, 0.29) is 34.5 Å². The van der Waals surface area contributed by atoms with Crippen LogP contribution in [0.15, 0.2) is 23.1 Å². The molecule has 1 fully saturated rings. The molecule has 2 rings (SSSR count). The molecular formula is C15H19ClN2O5S. The van der Waals surface area contributed by atoms with E-state index in [0.29, 0.717) is 19.5 Å². The number of aromatic carboxylic acids is 1. The van der Waals surface area contributed by atoms with Crippen LogP contribution < -0.4 is 0 Å². The Morgan fingerprint density at radius 1 is 1.21 bits per heavy atom. The summed E-state index contributed by atoms with van der Waals surface area (Å²) in [4.78, 5) is 24.5. The molecule has 0 aromatic heterocycles. The highest BCUT2D eigenvalue weighted by atomic mass is 35.5. The quantitative estimate of drug-likeness (QED) is 0.845. The van der Waals surface area contributed by atoms with Crippen LogP contribution in [0.2, 0.25) is 5.02 Å². The van der Waals surface area contributed by atoms with Gasteiger partial charge in [-0.15, -0.1) is 0 Å². The molecule has 1 aliphatic rings. The Bertz CT molecular complexity index is 742. The van der Waals surface area contributed by atoms with Crippen molar-refractivity contribution in [1.29, 1.82) is 0 Å². The van der Waals surface area contributed by atoms with Crippen molar-refractivity contribution >= 4 is 33.5 Å². The number of rotatable bonds is 5. The number of carboxylic acids is 1. The first-order valence-electron chi connectivity index (χ1n) is 7.58. The molecule has 0 radical (unpaired) electrons. The zero-order valence-electron chi connectivity index (χ0n) is 13.2. The van der Waals surface area contributed by atoms with E-state index in [0.717, 1.165) is 12.5 Å². The van der Waals surface area contributed by atoms with Crippen molar-refractivity contribution in [3.63, 3.8) is 0 Å². The topological polar surface area (TPSA) is 95.0 Å². The van der Waals surface area contributed by atoms with E-state index < -0.39 is 16.0 Å². The van der Waals surface area contributed by atoms with Gasteiger partial charge in [-0.1, -0.05) is 18.5 Å². The Morgan fingerprint density at radius 2 is 1.83 bits per heavy atom. The highest BCUT2D eigenvalue weighted by Crippen LogP contribution is 2.24. The molecule has 7 nitrogen and oxygen atoms in total. The van der Waals surface area contributed by atoms with Crippen LogP contribution in [-0.2, 0) is 14.8 Å². The van der Waals surface area contributed by atoms with Gasteiger partial charge in [0.2, 0.25) is 15.9 Å². The van der Waals surface area contributed by atoms with Gasteiger partial charge >= 0.3 is 5.97 Å². The van der Waals surface area contributed by atoms with Crippen LogP contribution in [0.25, 0.3) is 0 Å². The van der Waals surface area contributed by atoms with E-state index in [4.69, 9.17) is 16.7 Å². The van der Waals surface area contributed by atoms with Crippen molar-refractivity contribution in [2.75, 3.05) is 26.2 Å². The van der Waals surface area contributed by atoms with Gasteiger partial charge in [-0.05, 0) is 24.6 Å². The van der Waals surface area contributed by atoms with E-state index >= 15 is 0 Å². The van der Waals surface area contributed by atoms with Crippen LogP contribution >= 0.6 is 11.6 Å². The first kappa shape index (κ1) is 18.7. The second kappa shape index (κ2) is 7.50. The Balaban J connectivity index is 2.16. The lowest BCUT2D eigenvalue weighted by Crippen LogP contribution is -2.50. The maximum Gasteiger partial charge on any atom is 0.337 e. The molecule has 1 aromatic carbocycles. The predicted molar refractivity (Wildman–Crippen MR) is 88.7 cm³/mol. The molecule has 1 aromatic rings. The number of carboxylic acid groups (broad SMARTS) is 1. The van der Waals surface area contributed by atoms with Crippen molar-refractivity contribution in [3.8, 4) is 0 Å². The number of carbonyl (C=O) groups is 2. The molecule has 0 spiro atoms. The molecule has 1 N–H and O–H groups in total. The molecule has 1 amide bonds. The smallest absolute Gasteiger partial charge is 0.337 e. The molecule has 0 atom stereocenters. The summed E-state index contributed by atoms with van der Waals surface area (Å²) in [5.41, 5.74) is -0.255. The van der Waals surface area contributed by atoms with Gasteiger partial charge < -0.3 is 10.0 Å². The number of amides is 1. The third-order valence-electron chi connectivity index (χ3n) is 3.86. The SMILES string of the molecule is CCCC(=O)N1CCN(S(=O)(=O)c2ccc(Cl)c(C(=O)O)c2)CC1.